The van der Waals surface area contributed by atoms with Gasteiger partial charge in [-0.2, -0.15) is 11.8 Å². The van der Waals surface area contributed by atoms with Crippen molar-refractivity contribution in [2.75, 3.05) is 12.9 Å². The first-order chi connectivity index (χ1) is 9.16. The molecular formula is C17H26O2S. The lowest BCUT2D eigenvalue weighted by atomic mass is 9.76. The number of hydrogen-bond donors (Lipinski definition) is 0. The van der Waals surface area contributed by atoms with Crippen LogP contribution in [0.3, 0.4) is 0 Å². The van der Waals surface area contributed by atoms with E-state index in [0.29, 0.717) is 5.78 Å². The highest BCUT2D eigenvalue weighted by molar-refractivity contribution is 7.98. The van der Waals surface area contributed by atoms with Crippen molar-refractivity contribution < 1.29 is 9.53 Å². The summed E-state index contributed by atoms with van der Waals surface area (Å²) in [6, 6.07) is 8.08. The van der Waals surface area contributed by atoms with E-state index < -0.39 is 0 Å². The topological polar surface area (TPSA) is 26.3 Å². The van der Waals surface area contributed by atoms with Gasteiger partial charge in [-0.05, 0) is 17.7 Å². The molecule has 112 valence electrons. The van der Waals surface area contributed by atoms with Crippen LogP contribution in [0.4, 0.5) is 0 Å². The third-order valence-electron chi connectivity index (χ3n) is 3.16. The van der Waals surface area contributed by atoms with Gasteiger partial charge in [0.15, 0.2) is 0 Å². The van der Waals surface area contributed by atoms with E-state index >= 15 is 0 Å². The molecule has 0 aromatic heterocycles. The molecule has 1 aromatic rings. The number of ketones is 1. The Bertz CT molecular complexity index is 458. The molecule has 0 saturated heterocycles. The minimum atomic E-state index is -0.290. The highest BCUT2D eigenvalue weighted by Crippen LogP contribution is 2.33. The lowest BCUT2D eigenvalue weighted by Crippen LogP contribution is -2.36. The molecule has 0 atom stereocenters. The molecule has 0 bridgehead atoms. The van der Waals surface area contributed by atoms with Crippen molar-refractivity contribution in [1.82, 2.24) is 0 Å². The number of benzene rings is 1. The summed E-state index contributed by atoms with van der Waals surface area (Å²) < 4.78 is 5.22. The van der Waals surface area contributed by atoms with Crippen LogP contribution in [0.1, 0.15) is 40.2 Å². The Morgan fingerprint density at radius 1 is 1.20 bits per heavy atom. The van der Waals surface area contributed by atoms with E-state index in [0.717, 1.165) is 17.3 Å². The maximum atomic E-state index is 12.4. The zero-order chi connectivity index (χ0) is 15.4. The lowest BCUT2D eigenvalue weighted by Gasteiger charge is -2.30. The van der Waals surface area contributed by atoms with E-state index in [1.54, 1.807) is 18.9 Å². The summed E-state index contributed by atoms with van der Waals surface area (Å²) in [6.45, 7) is 10.1. The van der Waals surface area contributed by atoms with E-state index in [1.165, 1.54) is 5.56 Å². The molecule has 0 amide bonds. The Balaban J connectivity index is 2.57. The summed E-state index contributed by atoms with van der Waals surface area (Å²) in [7, 11) is 1.68. The highest BCUT2D eigenvalue weighted by atomic mass is 32.2. The molecule has 0 N–H and O–H groups in total. The van der Waals surface area contributed by atoms with Gasteiger partial charge in [-0.3, -0.25) is 4.79 Å². The van der Waals surface area contributed by atoms with E-state index in [2.05, 4.69) is 6.07 Å². The molecule has 1 aromatic carbocycles. The van der Waals surface area contributed by atoms with Crippen LogP contribution in [0.25, 0.3) is 0 Å². The SMILES string of the molecule is COc1cccc(CSCC(C)(C)C(=O)C(C)(C)C)c1. The molecule has 0 aliphatic heterocycles. The van der Waals surface area contributed by atoms with E-state index in [9.17, 15) is 4.79 Å². The third-order valence-corrected chi connectivity index (χ3v) is 4.62. The average molecular weight is 294 g/mol. The first-order valence-corrected chi connectivity index (χ1v) is 8.08. The van der Waals surface area contributed by atoms with Crippen LogP contribution in [-0.4, -0.2) is 18.6 Å². The van der Waals surface area contributed by atoms with Gasteiger partial charge in [-0.1, -0.05) is 46.8 Å². The van der Waals surface area contributed by atoms with Gasteiger partial charge >= 0.3 is 0 Å². The maximum Gasteiger partial charge on any atom is 0.144 e. The van der Waals surface area contributed by atoms with E-state index in [4.69, 9.17) is 4.74 Å². The number of rotatable bonds is 6. The molecule has 0 aliphatic rings. The molecule has 20 heavy (non-hydrogen) atoms. The van der Waals surface area contributed by atoms with Crippen LogP contribution >= 0.6 is 11.8 Å². The standard InChI is InChI=1S/C17H26O2S/c1-16(2,3)15(18)17(4,5)12-20-11-13-8-7-9-14(10-13)19-6/h7-10H,11-12H2,1-6H3. The number of Topliss-reactive ketones (excluding diaryl/α,β-unsaturated/α-hetero) is 1. The van der Waals surface area contributed by atoms with Gasteiger partial charge in [-0.25, -0.2) is 0 Å². The highest BCUT2D eigenvalue weighted by Gasteiger charge is 2.35. The van der Waals surface area contributed by atoms with E-state index in [1.807, 2.05) is 52.8 Å². The van der Waals surface area contributed by atoms with Gasteiger partial charge in [0.05, 0.1) is 7.11 Å². The smallest absolute Gasteiger partial charge is 0.144 e. The summed E-state index contributed by atoms with van der Waals surface area (Å²) in [5, 5.41) is 0. The monoisotopic (exact) mass is 294 g/mol. The van der Waals surface area contributed by atoms with Crippen molar-refractivity contribution in [2.24, 2.45) is 10.8 Å². The molecule has 0 aliphatic carbocycles. The molecule has 0 radical (unpaired) electrons. The van der Waals surface area contributed by atoms with Crippen LogP contribution < -0.4 is 4.74 Å². The summed E-state index contributed by atoms with van der Waals surface area (Å²) in [6.07, 6.45) is 0. The molecule has 0 unspecified atom stereocenters. The zero-order valence-electron chi connectivity index (χ0n) is 13.4. The first kappa shape index (κ1) is 17.1. The summed E-state index contributed by atoms with van der Waals surface area (Å²) in [5.41, 5.74) is 0.662. The minimum absolute atomic E-state index is 0.278. The number of ether oxygens (including phenoxy) is 1. The number of carbonyl (C=O) groups excluding carboxylic acids is 1. The predicted octanol–water partition coefficient (Wildman–Crippen LogP) is 4.57. The van der Waals surface area contributed by atoms with Gasteiger partial charge < -0.3 is 4.74 Å². The Morgan fingerprint density at radius 2 is 1.85 bits per heavy atom. The summed E-state index contributed by atoms with van der Waals surface area (Å²) in [4.78, 5) is 12.4. The van der Waals surface area contributed by atoms with Crippen molar-refractivity contribution in [1.29, 1.82) is 0 Å². The van der Waals surface area contributed by atoms with Gasteiger partial charge in [0.2, 0.25) is 0 Å². The number of methoxy groups -OCH3 is 1. The molecule has 0 saturated carbocycles. The second-order valence-corrected chi connectivity index (χ2v) is 7.79. The average Bonchev–Trinajstić information content (AvgIpc) is 2.37. The van der Waals surface area contributed by atoms with Crippen LogP contribution in [0, 0.1) is 10.8 Å². The zero-order valence-corrected chi connectivity index (χ0v) is 14.3. The maximum absolute atomic E-state index is 12.4. The Morgan fingerprint density at radius 3 is 2.40 bits per heavy atom. The first-order valence-electron chi connectivity index (χ1n) is 6.92. The number of carbonyl (C=O) groups is 1. The number of hydrogen-bond acceptors (Lipinski definition) is 3. The normalized spacial score (nSPS) is 12.3. The Labute approximate surface area is 127 Å². The summed E-state index contributed by atoms with van der Waals surface area (Å²) >= 11 is 1.80. The van der Waals surface area contributed by atoms with Gasteiger partial charge in [-0.15, -0.1) is 0 Å². The molecule has 3 heteroatoms. The van der Waals surface area contributed by atoms with Crippen molar-refractivity contribution >= 4 is 17.5 Å². The third kappa shape index (κ3) is 4.86. The van der Waals surface area contributed by atoms with Gasteiger partial charge in [0.1, 0.15) is 11.5 Å². The molecular weight excluding hydrogens is 268 g/mol. The fourth-order valence-corrected chi connectivity index (χ4v) is 3.43. The minimum Gasteiger partial charge on any atom is -0.497 e. The van der Waals surface area contributed by atoms with Crippen LogP contribution in [0.5, 0.6) is 5.75 Å². The largest absolute Gasteiger partial charge is 0.497 e. The predicted molar refractivity (Wildman–Crippen MR) is 87.4 cm³/mol. The Hall–Kier alpha value is -0.960. The number of thioether (sulfide) groups is 1. The quantitative estimate of drug-likeness (QED) is 0.768. The molecule has 2 nitrogen and oxygen atoms in total. The van der Waals surface area contributed by atoms with Crippen molar-refractivity contribution in [3.05, 3.63) is 29.8 Å². The van der Waals surface area contributed by atoms with Crippen LogP contribution in [0.2, 0.25) is 0 Å². The van der Waals surface area contributed by atoms with E-state index in [-0.39, 0.29) is 10.8 Å². The summed E-state index contributed by atoms with van der Waals surface area (Å²) in [5.74, 6) is 2.94. The molecule has 0 spiro atoms. The fourth-order valence-electron chi connectivity index (χ4n) is 2.27. The molecule has 0 fully saturated rings. The Kier molecular flexibility index (Phi) is 5.69. The van der Waals surface area contributed by atoms with Crippen molar-refractivity contribution in [2.45, 2.75) is 40.4 Å². The van der Waals surface area contributed by atoms with Crippen molar-refractivity contribution in [3.63, 3.8) is 0 Å². The lowest BCUT2D eigenvalue weighted by molar-refractivity contribution is -0.133. The van der Waals surface area contributed by atoms with Gasteiger partial charge in [0.25, 0.3) is 0 Å². The second-order valence-electron chi connectivity index (χ2n) is 6.81. The molecule has 0 heterocycles. The van der Waals surface area contributed by atoms with Crippen molar-refractivity contribution in [3.8, 4) is 5.75 Å². The fraction of sp³-hybridized carbons (Fsp3) is 0.588. The van der Waals surface area contributed by atoms with Crippen LogP contribution in [-0.2, 0) is 10.5 Å². The molecule has 1 rings (SSSR count). The second kappa shape index (κ2) is 6.66. The van der Waals surface area contributed by atoms with Gasteiger partial charge in [0, 0.05) is 22.3 Å². The van der Waals surface area contributed by atoms with Crippen LogP contribution in [0.15, 0.2) is 24.3 Å².